The van der Waals surface area contributed by atoms with Crippen molar-refractivity contribution >= 4 is 29.4 Å². The second kappa shape index (κ2) is 8.62. The zero-order valence-electron chi connectivity index (χ0n) is 14.5. The van der Waals surface area contributed by atoms with Crippen molar-refractivity contribution in [1.29, 1.82) is 5.41 Å². The molecule has 6 nitrogen and oxygen atoms in total. The second-order valence-corrected chi connectivity index (χ2v) is 6.77. The van der Waals surface area contributed by atoms with Gasteiger partial charge in [-0.05, 0) is 43.8 Å². The monoisotopic (exact) mass is 404 g/mol. The number of ether oxygens (including phenoxy) is 1. The number of nitrogens with one attached hydrogen (secondary N) is 2. The minimum atomic E-state index is -4.42. The summed E-state index contributed by atoms with van der Waals surface area (Å²) >= 11 is 6.27. The molecular formula is C17H20ClF3N4O2. The normalized spacial score (nSPS) is 19.9. The highest BCUT2D eigenvalue weighted by molar-refractivity contribution is 6.21. The van der Waals surface area contributed by atoms with Gasteiger partial charge in [0, 0.05) is 0 Å². The maximum absolute atomic E-state index is 12.6. The third kappa shape index (κ3) is 6.14. The SMILES string of the molecule is CN(CCC(Cl)C1NC(=O)/C(=C/c2ccc(C(F)(F)F)cc2)O1)CC(=N)N. The molecule has 2 unspecified atom stereocenters. The molecule has 27 heavy (non-hydrogen) atoms. The number of nitrogens with two attached hydrogens (primary N) is 1. The molecule has 1 aliphatic rings. The number of amidine groups is 1. The fraction of sp³-hybridized carbons (Fsp3) is 0.412. The summed E-state index contributed by atoms with van der Waals surface area (Å²) in [5, 5.41) is 9.31. The van der Waals surface area contributed by atoms with Crippen molar-refractivity contribution in [2.75, 3.05) is 20.1 Å². The third-order valence-corrected chi connectivity index (χ3v) is 4.29. The summed E-state index contributed by atoms with van der Waals surface area (Å²) in [5.74, 6) is -0.457. The second-order valence-electron chi connectivity index (χ2n) is 6.21. The molecule has 4 N–H and O–H groups in total. The van der Waals surface area contributed by atoms with Crippen LogP contribution in [0.4, 0.5) is 13.2 Å². The molecule has 0 radical (unpaired) electrons. The van der Waals surface area contributed by atoms with Gasteiger partial charge in [-0.2, -0.15) is 13.2 Å². The predicted octanol–water partition coefficient (Wildman–Crippen LogP) is 2.38. The molecule has 0 aliphatic carbocycles. The van der Waals surface area contributed by atoms with Gasteiger partial charge in [0.05, 0.1) is 17.5 Å². The van der Waals surface area contributed by atoms with Crippen molar-refractivity contribution in [2.45, 2.75) is 24.2 Å². The summed E-state index contributed by atoms with van der Waals surface area (Å²) < 4.78 is 43.3. The average Bonchev–Trinajstić information content (AvgIpc) is 2.92. The number of halogens is 4. The molecule has 148 valence electrons. The predicted molar refractivity (Wildman–Crippen MR) is 96.1 cm³/mol. The van der Waals surface area contributed by atoms with Crippen molar-refractivity contribution < 1.29 is 22.7 Å². The molecule has 0 aromatic heterocycles. The van der Waals surface area contributed by atoms with Crippen LogP contribution in [-0.4, -0.2) is 48.4 Å². The Hall–Kier alpha value is -2.26. The first kappa shape index (κ1) is 21.0. The quantitative estimate of drug-likeness (QED) is 0.281. The molecule has 1 amide bonds. The Bertz CT molecular complexity index is 722. The summed E-state index contributed by atoms with van der Waals surface area (Å²) in [5.41, 5.74) is 4.96. The number of hydrogen-bond donors (Lipinski definition) is 3. The van der Waals surface area contributed by atoms with E-state index in [1.54, 1.807) is 7.05 Å². The highest BCUT2D eigenvalue weighted by Gasteiger charge is 2.33. The van der Waals surface area contributed by atoms with E-state index in [0.29, 0.717) is 25.1 Å². The van der Waals surface area contributed by atoms with Crippen molar-refractivity contribution in [3.63, 3.8) is 0 Å². The van der Waals surface area contributed by atoms with E-state index in [9.17, 15) is 18.0 Å². The summed E-state index contributed by atoms with van der Waals surface area (Å²) in [6, 6.07) is 4.39. The number of nitrogens with zero attached hydrogens (tertiary/aromatic N) is 1. The maximum atomic E-state index is 12.6. The van der Waals surface area contributed by atoms with Crippen LogP contribution < -0.4 is 11.1 Å². The van der Waals surface area contributed by atoms with E-state index >= 15 is 0 Å². The Morgan fingerprint density at radius 1 is 1.44 bits per heavy atom. The van der Waals surface area contributed by atoms with Crippen LogP contribution in [0.25, 0.3) is 6.08 Å². The lowest BCUT2D eigenvalue weighted by Gasteiger charge is -2.20. The van der Waals surface area contributed by atoms with Crippen LogP contribution in [0.15, 0.2) is 30.0 Å². The van der Waals surface area contributed by atoms with Crippen LogP contribution in [-0.2, 0) is 15.7 Å². The first-order chi connectivity index (χ1) is 12.6. The van der Waals surface area contributed by atoms with E-state index in [4.69, 9.17) is 27.5 Å². The van der Waals surface area contributed by atoms with Crippen LogP contribution >= 0.6 is 11.6 Å². The van der Waals surface area contributed by atoms with Gasteiger partial charge in [0.1, 0.15) is 5.84 Å². The molecule has 1 aromatic carbocycles. The number of hydrogen-bond acceptors (Lipinski definition) is 4. The highest BCUT2D eigenvalue weighted by Crippen LogP contribution is 2.29. The van der Waals surface area contributed by atoms with Crippen LogP contribution in [0.2, 0.25) is 0 Å². The lowest BCUT2D eigenvalue weighted by atomic mass is 10.1. The van der Waals surface area contributed by atoms with E-state index in [2.05, 4.69) is 5.32 Å². The smallest absolute Gasteiger partial charge is 0.416 e. The Balaban J connectivity index is 1.96. The standard InChI is InChI=1S/C17H20ClF3N4O2/c1-25(9-14(22)23)7-6-12(18)16-24-15(26)13(27-16)8-10-2-4-11(5-3-10)17(19,20)21/h2-5,8,12,16H,6-7,9H2,1H3,(H3,22,23)(H,24,26)/b13-8-. The Morgan fingerprint density at radius 2 is 2.07 bits per heavy atom. The van der Waals surface area contributed by atoms with Gasteiger partial charge in [0.25, 0.3) is 5.91 Å². The summed E-state index contributed by atoms with van der Waals surface area (Å²) in [6.45, 7) is 0.849. The lowest BCUT2D eigenvalue weighted by molar-refractivity contribution is -0.137. The average molecular weight is 405 g/mol. The number of carbonyl (C=O) groups excluding carboxylic acids is 1. The van der Waals surface area contributed by atoms with Gasteiger partial charge in [-0.25, -0.2) is 0 Å². The minimum absolute atomic E-state index is 0.0116. The first-order valence-electron chi connectivity index (χ1n) is 8.08. The first-order valence-corrected chi connectivity index (χ1v) is 8.52. The van der Waals surface area contributed by atoms with Crippen molar-refractivity contribution in [1.82, 2.24) is 10.2 Å². The number of carbonyl (C=O) groups is 1. The Labute approximate surface area is 159 Å². The van der Waals surface area contributed by atoms with Crippen molar-refractivity contribution in [3.8, 4) is 0 Å². The molecule has 1 aliphatic heterocycles. The highest BCUT2D eigenvalue weighted by atomic mass is 35.5. The zero-order valence-corrected chi connectivity index (χ0v) is 15.3. The molecule has 0 spiro atoms. The lowest BCUT2D eigenvalue weighted by Crippen LogP contribution is -2.37. The van der Waals surface area contributed by atoms with Gasteiger partial charge in [0.15, 0.2) is 12.0 Å². The number of amides is 1. The van der Waals surface area contributed by atoms with Crippen LogP contribution in [0.5, 0.6) is 0 Å². The van der Waals surface area contributed by atoms with E-state index < -0.39 is 29.3 Å². The van der Waals surface area contributed by atoms with E-state index in [-0.39, 0.29) is 11.6 Å². The third-order valence-electron chi connectivity index (χ3n) is 3.84. The van der Waals surface area contributed by atoms with Gasteiger partial charge < -0.3 is 15.8 Å². The molecule has 10 heteroatoms. The maximum Gasteiger partial charge on any atom is 0.416 e. The van der Waals surface area contributed by atoms with E-state index in [1.807, 2.05) is 4.90 Å². The van der Waals surface area contributed by atoms with Gasteiger partial charge >= 0.3 is 6.18 Å². The van der Waals surface area contributed by atoms with Crippen LogP contribution in [0, 0.1) is 5.41 Å². The molecule has 1 saturated heterocycles. The molecule has 1 fully saturated rings. The van der Waals surface area contributed by atoms with Crippen LogP contribution in [0.1, 0.15) is 17.5 Å². The topological polar surface area (TPSA) is 91.4 Å². The van der Waals surface area contributed by atoms with Crippen LogP contribution in [0.3, 0.4) is 0 Å². The zero-order chi connectivity index (χ0) is 20.2. The van der Waals surface area contributed by atoms with Gasteiger partial charge in [0.2, 0.25) is 0 Å². The van der Waals surface area contributed by atoms with E-state index in [0.717, 1.165) is 12.1 Å². The molecular weight excluding hydrogens is 385 g/mol. The number of rotatable bonds is 7. The summed E-state index contributed by atoms with van der Waals surface area (Å²) in [7, 11) is 1.79. The fourth-order valence-corrected chi connectivity index (χ4v) is 2.68. The number of benzene rings is 1. The number of likely N-dealkylation sites (N-methyl/N-ethyl adjacent to an activating group) is 1. The molecule has 2 atom stereocenters. The molecule has 2 rings (SSSR count). The Morgan fingerprint density at radius 3 is 2.63 bits per heavy atom. The van der Waals surface area contributed by atoms with E-state index in [1.165, 1.54) is 18.2 Å². The molecule has 0 bridgehead atoms. The summed E-state index contributed by atoms with van der Waals surface area (Å²) in [4.78, 5) is 13.8. The van der Waals surface area contributed by atoms with Crippen molar-refractivity contribution in [3.05, 3.63) is 41.2 Å². The number of alkyl halides is 4. The fourth-order valence-electron chi connectivity index (χ4n) is 2.47. The van der Waals surface area contributed by atoms with Gasteiger partial charge in [-0.15, -0.1) is 11.6 Å². The van der Waals surface area contributed by atoms with Gasteiger partial charge in [-0.1, -0.05) is 12.1 Å². The largest absolute Gasteiger partial charge is 0.463 e. The molecule has 0 saturated carbocycles. The molecule has 1 heterocycles. The minimum Gasteiger partial charge on any atom is -0.463 e. The summed E-state index contributed by atoms with van der Waals surface area (Å²) in [6.07, 6.45) is -3.32. The Kier molecular flexibility index (Phi) is 6.72. The molecule has 1 aromatic rings. The van der Waals surface area contributed by atoms with Crippen molar-refractivity contribution in [2.24, 2.45) is 5.73 Å². The van der Waals surface area contributed by atoms with Gasteiger partial charge in [-0.3, -0.25) is 15.1 Å².